The molecule has 2 bridgehead atoms. The van der Waals surface area contributed by atoms with Crippen LogP contribution in [-0.4, -0.2) is 18.1 Å². The Kier molecular flexibility index (Phi) is 2.77. The van der Waals surface area contributed by atoms with Crippen LogP contribution in [0.5, 0.6) is 5.75 Å². The largest absolute Gasteiger partial charge is 0.495 e. The molecular formula is C16H24N2O. The van der Waals surface area contributed by atoms with Gasteiger partial charge in [-0.15, -0.1) is 0 Å². The summed E-state index contributed by atoms with van der Waals surface area (Å²) in [7, 11) is 1.67. The molecule has 2 saturated carbocycles. The van der Waals surface area contributed by atoms with Crippen LogP contribution < -0.4 is 10.1 Å². The molecule has 1 aromatic heterocycles. The number of anilines is 1. The van der Waals surface area contributed by atoms with Crippen molar-refractivity contribution in [1.29, 1.82) is 0 Å². The first-order valence-electron chi connectivity index (χ1n) is 7.22. The van der Waals surface area contributed by atoms with Crippen molar-refractivity contribution in [2.24, 2.45) is 16.7 Å². The van der Waals surface area contributed by atoms with Gasteiger partial charge in [-0.05, 0) is 48.1 Å². The number of aromatic nitrogens is 1. The Morgan fingerprint density at radius 2 is 2.11 bits per heavy atom. The average molecular weight is 260 g/mol. The Bertz CT molecular complexity index is 463. The highest BCUT2D eigenvalue weighted by molar-refractivity contribution is 5.40. The van der Waals surface area contributed by atoms with Crippen molar-refractivity contribution in [1.82, 2.24) is 4.98 Å². The van der Waals surface area contributed by atoms with E-state index in [1.165, 1.54) is 19.3 Å². The van der Waals surface area contributed by atoms with E-state index in [1.807, 2.05) is 12.1 Å². The summed E-state index contributed by atoms with van der Waals surface area (Å²) in [5.74, 6) is 2.63. The molecule has 0 aromatic carbocycles. The topological polar surface area (TPSA) is 34.1 Å². The van der Waals surface area contributed by atoms with Gasteiger partial charge in [0, 0.05) is 6.04 Å². The van der Waals surface area contributed by atoms with Gasteiger partial charge in [-0.2, -0.15) is 0 Å². The van der Waals surface area contributed by atoms with Gasteiger partial charge in [-0.3, -0.25) is 0 Å². The number of nitrogens with zero attached hydrogens (tertiary/aromatic N) is 1. The summed E-state index contributed by atoms with van der Waals surface area (Å²) in [6.45, 7) is 7.25. The van der Waals surface area contributed by atoms with E-state index in [-0.39, 0.29) is 0 Å². The van der Waals surface area contributed by atoms with E-state index in [4.69, 9.17) is 4.74 Å². The van der Waals surface area contributed by atoms with Crippen molar-refractivity contribution < 1.29 is 4.74 Å². The van der Waals surface area contributed by atoms with Gasteiger partial charge in [-0.1, -0.05) is 20.8 Å². The quantitative estimate of drug-likeness (QED) is 0.899. The second-order valence-corrected chi connectivity index (χ2v) is 7.08. The van der Waals surface area contributed by atoms with Crippen LogP contribution in [0.3, 0.4) is 0 Å². The van der Waals surface area contributed by atoms with E-state index >= 15 is 0 Å². The van der Waals surface area contributed by atoms with E-state index < -0.39 is 0 Å². The van der Waals surface area contributed by atoms with E-state index in [9.17, 15) is 0 Å². The molecular weight excluding hydrogens is 236 g/mol. The molecule has 3 unspecified atom stereocenters. The van der Waals surface area contributed by atoms with Crippen molar-refractivity contribution in [2.75, 3.05) is 12.4 Å². The zero-order valence-corrected chi connectivity index (χ0v) is 12.4. The molecule has 19 heavy (non-hydrogen) atoms. The molecule has 3 rings (SSSR count). The summed E-state index contributed by atoms with van der Waals surface area (Å²) in [5.41, 5.74) is 0.782. The van der Waals surface area contributed by atoms with Gasteiger partial charge in [0.1, 0.15) is 11.6 Å². The SMILES string of the molecule is COc1ccc(NC2C3(C)CCC(C3)C2(C)C)nc1. The Balaban J connectivity index is 1.82. The molecule has 1 N–H and O–H groups in total. The monoisotopic (exact) mass is 260 g/mol. The number of hydrogen-bond donors (Lipinski definition) is 1. The van der Waals surface area contributed by atoms with Gasteiger partial charge in [-0.25, -0.2) is 4.98 Å². The van der Waals surface area contributed by atoms with E-state index in [0.717, 1.165) is 17.5 Å². The molecule has 1 aromatic rings. The Hall–Kier alpha value is -1.25. The predicted molar refractivity (Wildman–Crippen MR) is 77.4 cm³/mol. The smallest absolute Gasteiger partial charge is 0.137 e. The number of hydrogen-bond acceptors (Lipinski definition) is 3. The Morgan fingerprint density at radius 3 is 2.63 bits per heavy atom. The maximum Gasteiger partial charge on any atom is 0.137 e. The van der Waals surface area contributed by atoms with Crippen LogP contribution in [-0.2, 0) is 0 Å². The van der Waals surface area contributed by atoms with Crippen LogP contribution in [0.4, 0.5) is 5.82 Å². The van der Waals surface area contributed by atoms with Gasteiger partial charge in [0.15, 0.2) is 0 Å². The average Bonchev–Trinajstić information content (AvgIpc) is 2.87. The van der Waals surface area contributed by atoms with Crippen LogP contribution in [0.25, 0.3) is 0 Å². The van der Waals surface area contributed by atoms with Gasteiger partial charge in [0.25, 0.3) is 0 Å². The van der Waals surface area contributed by atoms with Gasteiger partial charge in [0.2, 0.25) is 0 Å². The highest BCUT2D eigenvalue weighted by Gasteiger charge is 2.59. The summed E-state index contributed by atoms with van der Waals surface area (Å²) in [6, 6.07) is 4.50. The lowest BCUT2D eigenvalue weighted by Gasteiger charge is -2.43. The predicted octanol–water partition coefficient (Wildman–Crippen LogP) is 3.72. The van der Waals surface area contributed by atoms with E-state index in [1.54, 1.807) is 13.3 Å². The number of rotatable bonds is 3. The fraction of sp³-hybridized carbons (Fsp3) is 0.688. The van der Waals surface area contributed by atoms with Crippen molar-refractivity contribution in [2.45, 2.75) is 46.1 Å². The molecule has 3 nitrogen and oxygen atoms in total. The standard InChI is InChI=1S/C16H24N2O/c1-15(2)11-7-8-16(3,9-11)14(15)18-13-6-5-12(19-4)10-17-13/h5-6,10-11,14H,7-9H2,1-4H3,(H,17,18). The molecule has 2 aliphatic carbocycles. The molecule has 2 fully saturated rings. The number of pyridine rings is 1. The van der Waals surface area contributed by atoms with Crippen LogP contribution in [0.1, 0.15) is 40.0 Å². The lowest BCUT2D eigenvalue weighted by molar-refractivity contribution is 0.155. The lowest BCUT2D eigenvalue weighted by atomic mass is 9.68. The summed E-state index contributed by atoms with van der Waals surface area (Å²) in [4.78, 5) is 4.46. The van der Waals surface area contributed by atoms with Crippen LogP contribution in [0, 0.1) is 16.7 Å². The molecule has 2 aliphatic rings. The Labute approximate surface area is 115 Å². The first-order chi connectivity index (χ1) is 8.95. The third kappa shape index (κ3) is 1.90. The normalized spacial score (nSPS) is 35.4. The number of methoxy groups -OCH3 is 1. The van der Waals surface area contributed by atoms with Crippen LogP contribution in [0.15, 0.2) is 18.3 Å². The van der Waals surface area contributed by atoms with Crippen molar-refractivity contribution in [3.63, 3.8) is 0 Å². The molecule has 0 radical (unpaired) electrons. The molecule has 0 amide bonds. The summed E-state index contributed by atoms with van der Waals surface area (Å²) < 4.78 is 5.16. The van der Waals surface area contributed by atoms with Crippen molar-refractivity contribution >= 4 is 5.82 Å². The zero-order chi connectivity index (χ0) is 13.7. The minimum Gasteiger partial charge on any atom is -0.495 e. The van der Waals surface area contributed by atoms with Gasteiger partial charge >= 0.3 is 0 Å². The third-order valence-electron chi connectivity index (χ3n) is 5.53. The molecule has 0 aliphatic heterocycles. The van der Waals surface area contributed by atoms with Gasteiger partial charge in [0.05, 0.1) is 13.3 Å². The molecule has 1 heterocycles. The first-order valence-corrected chi connectivity index (χ1v) is 7.22. The second kappa shape index (κ2) is 4.12. The lowest BCUT2D eigenvalue weighted by Crippen LogP contribution is -2.45. The molecule has 0 saturated heterocycles. The number of nitrogens with one attached hydrogen (secondary N) is 1. The van der Waals surface area contributed by atoms with Crippen molar-refractivity contribution in [3.8, 4) is 5.75 Å². The minimum absolute atomic E-state index is 0.356. The first kappa shape index (κ1) is 12.8. The second-order valence-electron chi connectivity index (χ2n) is 7.08. The Morgan fingerprint density at radius 1 is 1.32 bits per heavy atom. The van der Waals surface area contributed by atoms with E-state index in [0.29, 0.717) is 16.9 Å². The highest BCUT2D eigenvalue weighted by atomic mass is 16.5. The molecule has 0 spiro atoms. The van der Waals surface area contributed by atoms with Crippen molar-refractivity contribution in [3.05, 3.63) is 18.3 Å². The zero-order valence-electron chi connectivity index (χ0n) is 12.4. The minimum atomic E-state index is 0.356. The number of fused-ring (bicyclic) bond motifs is 2. The maximum absolute atomic E-state index is 5.16. The van der Waals surface area contributed by atoms with E-state index in [2.05, 4.69) is 31.1 Å². The molecule has 3 heteroatoms. The summed E-state index contributed by atoms with van der Waals surface area (Å²) >= 11 is 0. The number of ether oxygens (including phenoxy) is 1. The fourth-order valence-corrected chi connectivity index (χ4v) is 4.40. The van der Waals surface area contributed by atoms with Crippen LogP contribution >= 0.6 is 0 Å². The fourth-order valence-electron chi connectivity index (χ4n) is 4.40. The summed E-state index contributed by atoms with van der Waals surface area (Å²) in [5, 5.41) is 3.69. The maximum atomic E-state index is 5.16. The van der Waals surface area contributed by atoms with Crippen LogP contribution in [0.2, 0.25) is 0 Å². The summed E-state index contributed by atoms with van der Waals surface area (Å²) in [6.07, 6.45) is 5.87. The molecule has 3 atom stereocenters. The molecule has 104 valence electrons. The highest BCUT2D eigenvalue weighted by Crippen LogP contribution is 2.62. The van der Waals surface area contributed by atoms with Gasteiger partial charge < -0.3 is 10.1 Å². The third-order valence-corrected chi connectivity index (χ3v) is 5.53.